The van der Waals surface area contributed by atoms with Gasteiger partial charge >= 0.3 is 6.61 Å². The molecule has 0 saturated carbocycles. The van der Waals surface area contributed by atoms with E-state index < -0.39 is 17.9 Å². The number of hydrogen-bond donors (Lipinski definition) is 3. The molecule has 0 spiro atoms. The van der Waals surface area contributed by atoms with E-state index in [4.69, 9.17) is 15.2 Å². The molecule has 0 atom stereocenters. The lowest BCUT2D eigenvalue weighted by Crippen LogP contribution is -2.46. The summed E-state index contributed by atoms with van der Waals surface area (Å²) in [5.74, 6) is 0.703. The fraction of sp³-hybridized carbons (Fsp3) is 0.529. The molecule has 28 heavy (non-hydrogen) atoms. The van der Waals surface area contributed by atoms with Crippen LogP contribution in [0.1, 0.15) is 26.3 Å². The Hall–Kier alpha value is -2.05. The van der Waals surface area contributed by atoms with Crippen molar-refractivity contribution in [2.24, 2.45) is 16.1 Å². The number of nitrogens with zero attached hydrogens (tertiary/aromatic N) is 1. The molecule has 0 aromatic heterocycles. The van der Waals surface area contributed by atoms with Crippen LogP contribution in [0.25, 0.3) is 0 Å². The number of halogens is 3. The van der Waals surface area contributed by atoms with Crippen molar-refractivity contribution in [1.29, 1.82) is 0 Å². The summed E-state index contributed by atoms with van der Waals surface area (Å²) in [6, 6.07) is 2.91. The van der Waals surface area contributed by atoms with Gasteiger partial charge in [0.05, 0.1) is 12.0 Å². The van der Waals surface area contributed by atoms with Crippen molar-refractivity contribution in [1.82, 2.24) is 10.6 Å². The molecule has 0 bridgehead atoms. The first-order chi connectivity index (χ1) is 12.7. The molecular formula is C17H25F2IN4O4. The number of amides is 1. The average Bonchev–Trinajstić information content (AvgIpc) is 3.03. The zero-order valence-corrected chi connectivity index (χ0v) is 18.2. The molecule has 0 fully saturated rings. The molecule has 4 N–H and O–H groups in total. The van der Waals surface area contributed by atoms with E-state index >= 15 is 0 Å². The van der Waals surface area contributed by atoms with Crippen LogP contribution in [0.15, 0.2) is 17.1 Å². The van der Waals surface area contributed by atoms with Gasteiger partial charge in [-0.05, 0) is 26.8 Å². The van der Waals surface area contributed by atoms with E-state index in [-0.39, 0.29) is 49.6 Å². The number of carbonyl (C=O) groups excluding carboxylic acids is 1. The number of fused-ring (bicyclic) bond motifs is 1. The summed E-state index contributed by atoms with van der Waals surface area (Å²) in [4.78, 5) is 15.8. The second kappa shape index (κ2) is 10.5. The molecule has 158 valence electrons. The van der Waals surface area contributed by atoms with Gasteiger partial charge in [-0.25, -0.2) is 4.99 Å². The van der Waals surface area contributed by atoms with E-state index in [1.54, 1.807) is 19.9 Å². The summed E-state index contributed by atoms with van der Waals surface area (Å²) in [7, 11) is 0. The van der Waals surface area contributed by atoms with Gasteiger partial charge in [-0.3, -0.25) is 4.79 Å². The number of ether oxygens (including phenoxy) is 3. The third kappa shape index (κ3) is 6.53. The number of alkyl halides is 2. The van der Waals surface area contributed by atoms with E-state index in [2.05, 4.69) is 20.4 Å². The maximum atomic E-state index is 12.7. The van der Waals surface area contributed by atoms with Gasteiger partial charge in [-0.1, -0.05) is 0 Å². The van der Waals surface area contributed by atoms with Gasteiger partial charge in [0.2, 0.25) is 12.7 Å². The summed E-state index contributed by atoms with van der Waals surface area (Å²) in [5.41, 5.74) is 4.99. The van der Waals surface area contributed by atoms with Crippen LogP contribution >= 0.6 is 24.0 Å². The molecule has 0 unspecified atom stereocenters. The average molecular weight is 514 g/mol. The lowest BCUT2D eigenvalue weighted by molar-refractivity contribution is -0.125. The normalized spacial score (nSPS) is 13.1. The van der Waals surface area contributed by atoms with E-state index in [9.17, 15) is 13.6 Å². The second-order valence-electron chi connectivity index (χ2n) is 6.49. The number of nitrogens with two attached hydrogens (primary N) is 1. The van der Waals surface area contributed by atoms with Gasteiger partial charge in [-0.15, -0.1) is 24.0 Å². The maximum absolute atomic E-state index is 12.7. The first kappa shape index (κ1) is 24.0. The van der Waals surface area contributed by atoms with E-state index in [1.807, 2.05) is 6.92 Å². The molecule has 2 rings (SSSR count). The molecule has 1 aliphatic rings. The number of guanidine groups is 1. The van der Waals surface area contributed by atoms with Crippen molar-refractivity contribution in [3.05, 3.63) is 17.7 Å². The molecule has 1 heterocycles. The summed E-state index contributed by atoms with van der Waals surface area (Å²) in [5, 5.41) is 6.04. The Morgan fingerprint density at radius 1 is 1.32 bits per heavy atom. The molecule has 1 aromatic rings. The van der Waals surface area contributed by atoms with Crippen molar-refractivity contribution in [2.45, 2.75) is 33.9 Å². The number of carbonyl (C=O) groups is 1. The zero-order chi connectivity index (χ0) is 20.0. The molecule has 1 amide bonds. The van der Waals surface area contributed by atoms with Crippen LogP contribution in [0.2, 0.25) is 0 Å². The van der Waals surface area contributed by atoms with Crippen molar-refractivity contribution >= 4 is 35.8 Å². The number of benzene rings is 1. The van der Waals surface area contributed by atoms with Crippen LogP contribution in [0.3, 0.4) is 0 Å². The molecule has 0 aliphatic carbocycles. The number of rotatable bonds is 8. The lowest BCUT2D eigenvalue weighted by Gasteiger charge is -2.22. The minimum Gasteiger partial charge on any atom is -0.454 e. The largest absolute Gasteiger partial charge is 0.454 e. The van der Waals surface area contributed by atoms with Gasteiger partial charge in [0, 0.05) is 24.7 Å². The quantitative estimate of drug-likeness (QED) is 0.279. The molecule has 8 nitrogen and oxygen atoms in total. The monoisotopic (exact) mass is 514 g/mol. The Labute approximate surface area is 179 Å². The third-order valence-corrected chi connectivity index (χ3v) is 3.89. The smallest absolute Gasteiger partial charge is 0.387 e. The highest BCUT2D eigenvalue weighted by molar-refractivity contribution is 14.0. The lowest BCUT2D eigenvalue weighted by atomic mass is 9.93. The first-order valence-electron chi connectivity index (χ1n) is 8.42. The fourth-order valence-corrected chi connectivity index (χ4v) is 2.19. The van der Waals surface area contributed by atoms with Gasteiger partial charge in [0.15, 0.2) is 17.5 Å². The number of hydrogen-bond acceptors (Lipinski definition) is 5. The van der Waals surface area contributed by atoms with Crippen LogP contribution in [0.4, 0.5) is 8.78 Å². The van der Waals surface area contributed by atoms with Crippen molar-refractivity contribution in [3.63, 3.8) is 0 Å². The summed E-state index contributed by atoms with van der Waals surface area (Å²) in [6.07, 6.45) is 0. The van der Waals surface area contributed by atoms with E-state index in [0.717, 1.165) is 0 Å². The Morgan fingerprint density at radius 3 is 2.54 bits per heavy atom. The van der Waals surface area contributed by atoms with Gasteiger partial charge in [-0.2, -0.15) is 8.78 Å². The first-order valence-corrected chi connectivity index (χ1v) is 8.42. The number of aliphatic imine (C=N–C) groups is 1. The number of nitrogens with one attached hydrogen (secondary N) is 2. The van der Waals surface area contributed by atoms with Crippen LogP contribution in [0.5, 0.6) is 17.2 Å². The second-order valence-corrected chi connectivity index (χ2v) is 6.49. The third-order valence-electron chi connectivity index (χ3n) is 3.89. The molecule has 11 heteroatoms. The predicted molar refractivity (Wildman–Crippen MR) is 110 cm³/mol. The SMILES string of the molecule is CCNC(=NCc1cc2c(cc1OC(F)F)OCO2)NCC(C)(C)C(N)=O.I. The van der Waals surface area contributed by atoms with Gasteiger partial charge in [0.1, 0.15) is 5.75 Å². The molecule has 1 aliphatic heterocycles. The van der Waals surface area contributed by atoms with Crippen LogP contribution in [0, 0.1) is 5.41 Å². The summed E-state index contributed by atoms with van der Waals surface area (Å²) < 4.78 is 40.4. The Kier molecular flexibility index (Phi) is 8.98. The highest BCUT2D eigenvalue weighted by Crippen LogP contribution is 2.39. The predicted octanol–water partition coefficient (Wildman–Crippen LogP) is 2.20. The Balaban J connectivity index is 0.00000392. The topological polar surface area (TPSA) is 107 Å². The van der Waals surface area contributed by atoms with Crippen molar-refractivity contribution in [2.75, 3.05) is 19.9 Å². The Morgan fingerprint density at radius 2 is 1.96 bits per heavy atom. The van der Waals surface area contributed by atoms with Crippen molar-refractivity contribution < 1.29 is 27.8 Å². The summed E-state index contributed by atoms with van der Waals surface area (Å²) >= 11 is 0. The van der Waals surface area contributed by atoms with E-state index in [0.29, 0.717) is 29.6 Å². The van der Waals surface area contributed by atoms with Crippen molar-refractivity contribution in [3.8, 4) is 17.2 Å². The Bertz CT molecular complexity index is 717. The minimum atomic E-state index is -2.98. The highest BCUT2D eigenvalue weighted by Gasteiger charge is 2.25. The minimum absolute atomic E-state index is 0. The maximum Gasteiger partial charge on any atom is 0.387 e. The molecule has 0 saturated heterocycles. The fourth-order valence-electron chi connectivity index (χ4n) is 2.19. The van der Waals surface area contributed by atoms with Gasteiger partial charge in [0.25, 0.3) is 0 Å². The molecule has 1 aromatic carbocycles. The molecule has 0 radical (unpaired) electrons. The molecular weight excluding hydrogens is 489 g/mol. The van der Waals surface area contributed by atoms with Gasteiger partial charge < -0.3 is 30.6 Å². The highest BCUT2D eigenvalue weighted by atomic mass is 127. The summed E-state index contributed by atoms with van der Waals surface area (Å²) in [6.45, 7) is 3.21. The van der Waals surface area contributed by atoms with Crippen LogP contribution < -0.4 is 30.6 Å². The standard InChI is InChI=1S/C17H24F2N4O4.HI/c1-4-21-16(23-8-17(2,3)14(20)24)22-7-10-5-12-13(26-9-25-12)6-11(10)27-15(18)19;/h5-6,15H,4,7-9H2,1-3H3,(H2,20,24)(H2,21,22,23);1H. The van der Waals surface area contributed by atoms with E-state index in [1.165, 1.54) is 6.07 Å². The van der Waals surface area contributed by atoms with Crippen LogP contribution in [-0.2, 0) is 11.3 Å². The number of primary amides is 1. The zero-order valence-electron chi connectivity index (χ0n) is 15.9. The van der Waals surface area contributed by atoms with Crippen LogP contribution in [-0.4, -0.2) is 38.4 Å².